The Hall–Kier alpha value is -0.280. The Labute approximate surface area is 122 Å². The maximum Gasteiger partial charge on any atom is 0.223 e. The zero-order valence-corrected chi connectivity index (χ0v) is 12.5. The van der Waals surface area contributed by atoms with Crippen LogP contribution in [0.25, 0.3) is 0 Å². The van der Waals surface area contributed by atoms with Gasteiger partial charge in [0.2, 0.25) is 5.91 Å². The van der Waals surface area contributed by atoms with Gasteiger partial charge in [0.05, 0.1) is 0 Å². The number of halogens is 1. The van der Waals surface area contributed by atoms with Gasteiger partial charge in [0, 0.05) is 18.0 Å². The molecule has 0 radical (unpaired) electrons. The van der Waals surface area contributed by atoms with E-state index >= 15 is 0 Å². The molecule has 0 aromatic heterocycles. The van der Waals surface area contributed by atoms with Crippen molar-refractivity contribution in [1.82, 2.24) is 5.32 Å². The summed E-state index contributed by atoms with van der Waals surface area (Å²) in [5, 5.41) is 3.17. The number of amides is 1. The lowest BCUT2D eigenvalue weighted by Crippen LogP contribution is -2.52. The molecule has 0 aromatic carbocycles. The van der Waals surface area contributed by atoms with Crippen LogP contribution in [-0.4, -0.2) is 18.0 Å². The van der Waals surface area contributed by atoms with E-state index in [2.05, 4.69) is 5.32 Å². The normalized spacial score (nSPS) is 25.8. The maximum atomic E-state index is 12.3. The summed E-state index contributed by atoms with van der Waals surface area (Å²) in [6.45, 7) is 0.696. The van der Waals surface area contributed by atoms with Crippen molar-refractivity contribution in [1.29, 1.82) is 0 Å². The number of nitrogens with two attached hydrogens (primary N) is 1. The fourth-order valence-corrected chi connectivity index (χ4v) is 3.54. The zero-order chi connectivity index (χ0) is 12.6. The van der Waals surface area contributed by atoms with Gasteiger partial charge in [0.1, 0.15) is 0 Å². The van der Waals surface area contributed by atoms with Crippen molar-refractivity contribution in [3.8, 4) is 0 Å². The Kier molecular flexibility index (Phi) is 4.78. The Morgan fingerprint density at radius 2 is 1.63 bits per heavy atom. The first-order chi connectivity index (χ1) is 8.68. The molecule has 0 heterocycles. The van der Waals surface area contributed by atoms with Crippen LogP contribution in [0.1, 0.15) is 57.8 Å². The first kappa shape index (κ1) is 15.1. The van der Waals surface area contributed by atoms with Crippen molar-refractivity contribution < 1.29 is 4.79 Å². The fourth-order valence-electron chi connectivity index (χ4n) is 3.54. The second-order valence-corrected chi connectivity index (χ2v) is 6.84. The average Bonchev–Trinajstić information content (AvgIpc) is 3.22. The van der Waals surface area contributed by atoms with Crippen molar-refractivity contribution in [3.63, 3.8) is 0 Å². The highest BCUT2D eigenvalue weighted by atomic mass is 35.5. The molecule has 0 aliphatic heterocycles. The maximum absolute atomic E-state index is 12.3. The molecule has 0 unspecified atom stereocenters. The summed E-state index contributed by atoms with van der Waals surface area (Å²) in [6, 6.07) is 0. The van der Waals surface area contributed by atoms with Crippen LogP contribution in [-0.2, 0) is 4.79 Å². The van der Waals surface area contributed by atoms with Crippen molar-refractivity contribution in [2.24, 2.45) is 23.5 Å². The van der Waals surface area contributed by atoms with Crippen LogP contribution in [0, 0.1) is 17.8 Å². The highest BCUT2D eigenvalue weighted by molar-refractivity contribution is 5.85. The summed E-state index contributed by atoms with van der Waals surface area (Å²) < 4.78 is 0. The summed E-state index contributed by atoms with van der Waals surface area (Å²) in [5.41, 5.74) is 6.26. The minimum Gasteiger partial charge on any atom is -0.354 e. The Balaban J connectivity index is 0.00000133. The molecular formula is C15H27ClN2O. The van der Waals surface area contributed by atoms with E-state index < -0.39 is 0 Å². The highest BCUT2D eigenvalue weighted by Gasteiger charge is 2.45. The van der Waals surface area contributed by atoms with Gasteiger partial charge >= 0.3 is 0 Å². The number of carbonyl (C=O) groups excluding carboxylic acids is 1. The quantitative estimate of drug-likeness (QED) is 0.816. The number of hydrogen-bond donors (Lipinski definition) is 2. The number of carbonyl (C=O) groups is 1. The van der Waals surface area contributed by atoms with Crippen LogP contribution in [0.2, 0.25) is 0 Å². The number of hydrogen-bond acceptors (Lipinski definition) is 2. The third kappa shape index (κ3) is 3.85. The molecule has 3 saturated carbocycles. The van der Waals surface area contributed by atoms with Crippen LogP contribution in [0.4, 0.5) is 0 Å². The van der Waals surface area contributed by atoms with Crippen LogP contribution >= 0.6 is 12.4 Å². The van der Waals surface area contributed by atoms with Gasteiger partial charge in [-0.1, -0.05) is 19.3 Å². The SMILES string of the molecule is Cl.NC1(CNC(=O)C(C2CC2)C2CC2)CCCCC1. The van der Waals surface area contributed by atoms with Crippen molar-refractivity contribution >= 4 is 18.3 Å². The smallest absolute Gasteiger partial charge is 0.223 e. The molecule has 0 saturated heterocycles. The van der Waals surface area contributed by atoms with Crippen LogP contribution in [0.15, 0.2) is 0 Å². The van der Waals surface area contributed by atoms with Gasteiger partial charge < -0.3 is 11.1 Å². The first-order valence-corrected chi connectivity index (χ1v) is 7.75. The summed E-state index contributed by atoms with van der Waals surface area (Å²) in [4.78, 5) is 12.3. The predicted molar refractivity (Wildman–Crippen MR) is 79.2 cm³/mol. The molecule has 110 valence electrons. The molecule has 3 aliphatic carbocycles. The third-order valence-corrected chi connectivity index (χ3v) is 5.03. The molecule has 0 bridgehead atoms. The Morgan fingerprint density at radius 1 is 1.11 bits per heavy atom. The second kappa shape index (κ2) is 6.01. The van der Waals surface area contributed by atoms with Gasteiger partial charge in [-0.05, 0) is 50.4 Å². The molecule has 3 fully saturated rings. The van der Waals surface area contributed by atoms with E-state index in [9.17, 15) is 4.79 Å². The van der Waals surface area contributed by atoms with Gasteiger partial charge in [-0.3, -0.25) is 4.79 Å². The molecule has 4 heteroatoms. The van der Waals surface area contributed by atoms with E-state index in [1.807, 2.05) is 0 Å². The van der Waals surface area contributed by atoms with Crippen molar-refractivity contribution in [2.75, 3.05) is 6.54 Å². The third-order valence-electron chi connectivity index (χ3n) is 5.03. The Morgan fingerprint density at radius 3 is 2.11 bits per heavy atom. The summed E-state index contributed by atoms with van der Waals surface area (Å²) in [5.74, 6) is 2.00. The van der Waals surface area contributed by atoms with E-state index in [-0.39, 0.29) is 17.9 Å². The van der Waals surface area contributed by atoms with Gasteiger partial charge in [0.15, 0.2) is 0 Å². The first-order valence-electron chi connectivity index (χ1n) is 7.75. The van der Waals surface area contributed by atoms with E-state index in [1.165, 1.54) is 44.9 Å². The summed E-state index contributed by atoms with van der Waals surface area (Å²) in [6.07, 6.45) is 11.0. The van der Waals surface area contributed by atoms with Crippen molar-refractivity contribution in [2.45, 2.75) is 63.3 Å². The molecular weight excluding hydrogens is 260 g/mol. The topological polar surface area (TPSA) is 55.1 Å². The predicted octanol–water partition coefficient (Wildman–Crippen LogP) is 2.62. The molecule has 1 amide bonds. The molecule has 3 aliphatic rings. The highest BCUT2D eigenvalue weighted by Crippen LogP contribution is 2.49. The molecule has 19 heavy (non-hydrogen) atoms. The molecule has 3 rings (SSSR count). The van der Waals surface area contributed by atoms with Crippen molar-refractivity contribution in [3.05, 3.63) is 0 Å². The summed E-state index contributed by atoms with van der Waals surface area (Å²) in [7, 11) is 0. The number of rotatable bonds is 5. The standard InChI is InChI=1S/C15H26N2O.ClH/c16-15(8-2-1-3-9-15)10-17-14(18)13(11-4-5-11)12-6-7-12;/h11-13H,1-10,16H2,(H,17,18);1H. The lowest BCUT2D eigenvalue weighted by molar-refractivity contribution is -0.126. The largest absolute Gasteiger partial charge is 0.354 e. The minimum atomic E-state index is -0.119. The van der Waals surface area contributed by atoms with E-state index in [0.29, 0.717) is 30.2 Å². The van der Waals surface area contributed by atoms with Gasteiger partial charge in [-0.2, -0.15) is 0 Å². The fraction of sp³-hybridized carbons (Fsp3) is 0.933. The molecule has 0 spiro atoms. The van der Waals surface area contributed by atoms with Crippen LogP contribution < -0.4 is 11.1 Å². The average molecular weight is 287 g/mol. The zero-order valence-electron chi connectivity index (χ0n) is 11.7. The lowest BCUT2D eigenvalue weighted by Gasteiger charge is -2.34. The Bertz CT molecular complexity index is 308. The molecule has 3 N–H and O–H groups in total. The lowest BCUT2D eigenvalue weighted by atomic mass is 9.82. The summed E-state index contributed by atoms with van der Waals surface area (Å²) >= 11 is 0. The van der Waals surface area contributed by atoms with E-state index in [4.69, 9.17) is 5.73 Å². The minimum absolute atomic E-state index is 0. The molecule has 0 aromatic rings. The monoisotopic (exact) mass is 286 g/mol. The van der Waals surface area contributed by atoms with Gasteiger partial charge in [-0.15, -0.1) is 12.4 Å². The van der Waals surface area contributed by atoms with Gasteiger partial charge in [0.25, 0.3) is 0 Å². The molecule has 0 atom stereocenters. The number of nitrogens with one attached hydrogen (secondary N) is 1. The second-order valence-electron chi connectivity index (χ2n) is 6.84. The van der Waals surface area contributed by atoms with E-state index in [1.54, 1.807) is 0 Å². The molecule has 3 nitrogen and oxygen atoms in total. The van der Waals surface area contributed by atoms with Crippen LogP contribution in [0.5, 0.6) is 0 Å². The van der Waals surface area contributed by atoms with E-state index in [0.717, 1.165) is 12.8 Å². The van der Waals surface area contributed by atoms with Crippen LogP contribution in [0.3, 0.4) is 0 Å². The van der Waals surface area contributed by atoms with Gasteiger partial charge in [-0.25, -0.2) is 0 Å².